The van der Waals surface area contributed by atoms with E-state index in [4.69, 9.17) is 27.9 Å². The maximum Gasteiger partial charge on any atom is 0.338 e. The summed E-state index contributed by atoms with van der Waals surface area (Å²) in [6, 6.07) is 26.8. The Labute approximate surface area is 268 Å². The second-order valence-corrected chi connectivity index (χ2v) is 11.0. The van der Waals surface area contributed by atoms with Crippen molar-refractivity contribution in [3.8, 4) is 0 Å². The molecule has 8 nitrogen and oxygen atoms in total. The molecule has 0 saturated heterocycles. The molecule has 0 unspecified atom stereocenters. The van der Waals surface area contributed by atoms with Gasteiger partial charge in [0.15, 0.2) is 0 Å². The molecule has 0 aliphatic heterocycles. The Morgan fingerprint density at radius 3 is 2.00 bits per heavy atom. The van der Waals surface area contributed by atoms with E-state index in [0.717, 1.165) is 4.90 Å². The fraction of sp³-hybridized carbons (Fsp3) is 0.0909. The normalized spacial score (nSPS) is 10.9. The average molecular weight is 649 g/mol. The van der Waals surface area contributed by atoms with Crippen LogP contribution in [0.4, 0.5) is 11.4 Å². The molecule has 0 aliphatic carbocycles. The monoisotopic (exact) mass is 647 g/mol. The van der Waals surface area contributed by atoms with Crippen LogP contribution in [0.2, 0.25) is 10.0 Å². The lowest BCUT2D eigenvalue weighted by Crippen LogP contribution is -2.30. The summed E-state index contributed by atoms with van der Waals surface area (Å²) >= 11 is 13.9. The minimum absolute atomic E-state index is 0.0562. The Morgan fingerprint density at radius 1 is 0.750 bits per heavy atom. The van der Waals surface area contributed by atoms with Crippen LogP contribution < -0.4 is 16.0 Å². The standard InChI is InChI=1S/C33H27Cl2N3O5S/c1-2-43-33(42)22-11-13-23(14-12-22)36-30(39)20-44-25-17-15-24(16-18-25)37-32(41)29(19-26-27(34)9-6-10-28(26)35)38-31(40)21-7-4-3-5-8-21/h3-19H,2,20H2,1H3,(H,36,39)(H,37,41)(H,38,40)/b29-19-. The van der Waals surface area contributed by atoms with Crippen molar-refractivity contribution >= 4 is 76.1 Å². The van der Waals surface area contributed by atoms with Gasteiger partial charge in [-0.3, -0.25) is 14.4 Å². The minimum atomic E-state index is -0.584. The third-order valence-corrected chi connectivity index (χ3v) is 7.65. The molecule has 4 aromatic carbocycles. The zero-order valence-corrected chi connectivity index (χ0v) is 25.8. The smallest absolute Gasteiger partial charge is 0.338 e. The molecule has 3 amide bonds. The lowest BCUT2D eigenvalue weighted by molar-refractivity contribution is -0.114. The maximum absolute atomic E-state index is 13.3. The first kappa shape index (κ1) is 32.3. The molecular formula is C33H27Cl2N3O5S. The Balaban J connectivity index is 1.38. The molecule has 0 heterocycles. The maximum atomic E-state index is 13.3. The first-order valence-corrected chi connectivity index (χ1v) is 15.1. The van der Waals surface area contributed by atoms with E-state index in [0.29, 0.717) is 38.1 Å². The number of amides is 3. The van der Waals surface area contributed by atoms with Gasteiger partial charge in [0, 0.05) is 37.4 Å². The highest BCUT2D eigenvalue weighted by atomic mass is 35.5. The molecular weight excluding hydrogens is 621 g/mol. The van der Waals surface area contributed by atoms with E-state index in [9.17, 15) is 19.2 Å². The van der Waals surface area contributed by atoms with Crippen molar-refractivity contribution in [2.75, 3.05) is 23.0 Å². The van der Waals surface area contributed by atoms with Gasteiger partial charge < -0.3 is 20.7 Å². The summed E-state index contributed by atoms with van der Waals surface area (Å²) in [4.78, 5) is 51.2. The highest BCUT2D eigenvalue weighted by Gasteiger charge is 2.17. The number of carbonyl (C=O) groups excluding carboxylic acids is 4. The number of benzene rings is 4. The van der Waals surface area contributed by atoms with Crippen LogP contribution in [0.3, 0.4) is 0 Å². The third-order valence-electron chi connectivity index (χ3n) is 5.98. The Bertz CT molecular complexity index is 1660. The highest BCUT2D eigenvalue weighted by Crippen LogP contribution is 2.27. The van der Waals surface area contributed by atoms with Gasteiger partial charge in [-0.15, -0.1) is 11.8 Å². The summed E-state index contributed by atoms with van der Waals surface area (Å²) in [6.07, 6.45) is 1.42. The van der Waals surface area contributed by atoms with Gasteiger partial charge in [-0.2, -0.15) is 0 Å². The van der Waals surface area contributed by atoms with Crippen LogP contribution >= 0.6 is 35.0 Å². The van der Waals surface area contributed by atoms with Crippen LogP contribution in [0.5, 0.6) is 0 Å². The molecule has 0 atom stereocenters. The number of ether oxygens (including phenoxy) is 1. The number of nitrogens with one attached hydrogen (secondary N) is 3. The summed E-state index contributed by atoms with van der Waals surface area (Å²) in [5.74, 6) is -1.56. The molecule has 11 heteroatoms. The van der Waals surface area contributed by atoms with E-state index in [2.05, 4.69) is 16.0 Å². The zero-order chi connectivity index (χ0) is 31.5. The molecule has 224 valence electrons. The second-order valence-electron chi connectivity index (χ2n) is 9.13. The molecule has 0 radical (unpaired) electrons. The lowest BCUT2D eigenvalue weighted by atomic mass is 10.1. The summed E-state index contributed by atoms with van der Waals surface area (Å²) < 4.78 is 4.96. The molecule has 0 spiro atoms. The molecule has 0 bridgehead atoms. The van der Waals surface area contributed by atoms with E-state index >= 15 is 0 Å². The first-order valence-electron chi connectivity index (χ1n) is 13.4. The summed E-state index contributed by atoms with van der Waals surface area (Å²) in [6.45, 7) is 2.02. The molecule has 4 aromatic rings. The van der Waals surface area contributed by atoms with E-state index in [1.807, 2.05) is 0 Å². The van der Waals surface area contributed by atoms with Crippen molar-refractivity contribution in [1.82, 2.24) is 5.32 Å². The van der Waals surface area contributed by atoms with E-state index in [1.54, 1.807) is 104 Å². The molecule has 0 saturated carbocycles. The van der Waals surface area contributed by atoms with Gasteiger partial charge >= 0.3 is 5.97 Å². The largest absolute Gasteiger partial charge is 0.462 e. The zero-order valence-electron chi connectivity index (χ0n) is 23.4. The van der Waals surface area contributed by atoms with Crippen molar-refractivity contribution in [2.45, 2.75) is 11.8 Å². The number of carbonyl (C=O) groups is 4. The number of halogens is 2. The minimum Gasteiger partial charge on any atom is -0.462 e. The summed E-state index contributed by atoms with van der Waals surface area (Å²) in [5.41, 5.74) is 2.13. The second kappa shape index (κ2) is 15.8. The number of hydrogen-bond acceptors (Lipinski definition) is 6. The Hall–Kier alpha value is -4.57. The van der Waals surface area contributed by atoms with Crippen molar-refractivity contribution in [1.29, 1.82) is 0 Å². The number of thioether (sulfide) groups is 1. The number of hydrogen-bond donors (Lipinski definition) is 3. The quantitative estimate of drug-likeness (QED) is 0.0893. The van der Waals surface area contributed by atoms with Gasteiger partial charge in [0.1, 0.15) is 5.70 Å². The van der Waals surface area contributed by atoms with Crippen molar-refractivity contribution in [3.05, 3.63) is 129 Å². The SMILES string of the molecule is CCOC(=O)c1ccc(NC(=O)CSc2ccc(NC(=O)/C(=C/c3c(Cl)cccc3Cl)NC(=O)c3ccccc3)cc2)cc1. The van der Waals surface area contributed by atoms with Crippen LogP contribution in [0.15, 0.2) is 108 Å². The molecule has 3 N–H and O–H groups in total. The van der Waals surface area contributed by atoms with E-state index < -0.39 is 17.8 Å². The Kier molecular flexibility index (Phi) is 11.6. The third kappa shape index (κ3) is 9.21. The van der Waals surface area contributed by atoms with Gasteiger partial charge in [-0.1, -0.05) is 47.5 Å². The van der Waals surface area contributed by atoms with E-state index in [1.165, 1.54) is 17.8 Å². The predicted molar refractivity (Wildman–Crippen MR) is 175 cm³/mol. The van der Waals surface area contributed by atoms with E-state index in [-0.39, 0.29) is 24.0 Å². The summed E-state index contributed by atoms with van der Waals surface area (Å²) in [7, 11) is 0. The topological polar surface area (TPSA) is 114 Å². The molecule has 0 fully saturated rings. The number of rotatable bonds is 11. The predicted octanol–water partition coefficient (Wildman–Crippen LogP) is 7.31. The van der Waals surface area contributed by atoms with Crippen LogP contribution in [0.1, 0.15) is 33.2 Å². The highest BCUT2D eigenvalue weighted by molar-refractivity contribution is 8.00. The van der Waals surface area contributed by atoms with Crippen molar-refractivity contribution in [2.24, 2.45) is 0 Å². The number of anilines is 2. The fourth-order valence-electron chi connectivity index (χ4n) is 3.82. The molecule has 0 aromatic heterocycles. The fourth-order valence-corrected chi connectivity index (χ4v) is 5.02. The Morgan fingerprint density at radius 2 is 1.36 bits per heavy atom. The molecule has 4 rings (SSSR count). The van der Waals surface area contributed by atoms with Crippen LogP contribution in [0, 0.1) is 0 Å². The van der Waals surface area contributed by atoms with Gasteiger partial charge in [-0.25, -0.2) is 4.79 Å². The van der Waals surface area contributed by atoms with Crippen molar-refractivity contribution < 1.29 is 23.9 Å². The van der Waals surface area contributed by atoms with Gasteiger partial charge in [0.2, 0.25) is 5.91 Å². The average Bonchev–Trinajstić information content (AvgIpc) is 3.02. The number of esters is 1. The van der Waals surface area contributed by atoms with Crippen LogP contribution in [-0.4, -0.2) is 36.1 Å². The van der Waals surface area contributed by atoms with Crippen molar-refractivity contribution in [3.63, 3.8) is 0 Å². The van der Waals surface area contributed by atoms with Gasteiger partial charge in [-0.05, 0) is 85.8 Å². The van der Waals surface area contributed by atoms with Gasteiger partial charge in [0.05, 0.1) is 17.9 Å². The van der Waals surface area contributed by atoms with Crippen LogP contribution in [0.25, 0.3) is 6.08 Å². The molecule has 44 heavy (non-hydrogen) atoms. The van der Waals surface area contributed by atoms with Crippen LogP contribution in [-0.2, 0) is 14.3 Å². The first-order chi connectivity index (χ1) is 21.2. The molecule has 0 aliphatic rings. The lowest BCUT2D eigenvalue weighted by Gasteiger charge is -2.13. The summed E-state index contributed by atoms with van der Waals surface area (Å²) in [5, 5.41) is 8.85. The van der Waals surface area contributed by atoms with Gasteiger partial charge in [0.25, 0.3) is 11.8 Å².